The smallest absolute Gasteiger partial charge is 0.319 e. The van der Waals surface area contributed by atoms with E-state index < -0.39 is 6.03 Å². The molecule has 0 unspecified atom stereocenters. The van der Waals surface area contributed by atoms with Crippen molar-refractivity contribution in [2.24, 2.45) is 11.5 Å². The van der Waals surface area contributed by atoms with Gasteiger partial charge >= 0.3 is 6.03 Å². The summed E-state index contributed by atoms with van der Waals surface area (Å²) in [6.45, 7) is 0.292. The molecule has 178 valence electrons. The Morgan fingerprint density at radius 3 is 2.55 bits per heavy atom. The maximum absolute atomic E-state index is 12.4. The Morgan fingerprint density at radius 1 is 1.15 bits per heavy atom. The number of hydrogen-bond acceptors (Lipinski definition) is 6. The summed E-state index contributed by atoms with van der Waals surface area (Å²) in [5, 5.41) is 4.16. The number of nitrogens with one attached hydrogen (secondary N) is 1. The number of carbonyl (C=O) groups excluding carboxylic acids is 1. The number of urea groups is 1. The van der Waals surface area contributed by atoms with Crippen LogP contribution in [0.4, 0.5) is 22.2 Å². The van der Waals surface area contributed by atoms with E-state index in [4.69, 9.17) is 33.0 Å². The van der Waals surface area contributed by atoms with Crippen LogP contribution >= 0.6 is 11.6 Å². The fourth-order valence-electron chi connectivity index (χ4n) is 5.12. The average molecular weight is 472 g/mol. The molecule has 2 amide bonds. The standard InChI is InChI=1S/C24H34ClN7O/c1-31(2)22-19-5-3-4-6-20(19)29-24(30-22)28-17-8-10-18(11-9-17)32(23(27)33)21-12-7-16(25)13-15(21)14-26/h7,12-13,17-18H,3-6,8-11,14,26H2,1-2H3,(H2,27,33)(H,28,29,30)/t17-,18+. The van der Waals surface area contributed by atoms with Gasteiger partial charge in [0, 0.05) is 43.3 Å². The van der Waals surface area contributed by atoms with Crippen LogP contribution in [0.25, 0.3) is 0 Å². The second kappa shape index (κ2) is 10.1. The van der Waals surface area contributed by atoms with Crippen LogP contribution in [0.3, 0.4) is 0 Å². The lowest BCUT2D eigenvalue weighted by Crippen LogP contribution is -2.47. The molecule has 33 heavy (non-hydrogen) atoms. The molecule has 0 aliphatic heterocycles. The number of fused-ring (bicyclic) bond motifs is 1. The molecular formula is C24H34ClN7O. The number of aryl methyl sites for hydroxylation is 1. The van der Waals surface area contributed by atoms with Gasteiger partial charge in [0.15, 0.2) is 0 Å². The molecule has 0 bridgehead atoms. The van der Waals surface area contributed by atoms with Gasteiger partial charge in [-0.25, -0.2) is 9.78 Å². The number of halogens is 1. The van der Waals surface area contributed by atoms with Crippen molar-refractivity contribution in [3.8, 4) is 0 Å². The van der Waals surface area contributed by atoms with E-state index in [0.29, 0.717) is 17.5 Å². The molecule has 0 atom stereocenters. The molecule has 1 saturated carbocycles. The Bertz CT molecular complexity index is 1000. The van der Waals surface area contributed by atoms with E-state index in [0.717, 1.165) is 55.6 Å². The Hall–Kier alpha value is -2.58. The number of primary amides is 1. The predicted octanol–water partition coefficient (Wildman–Crippen LogP) is 3.84. The maximum Gasteiger partial charge on any atom is 0.319 e. The zero-order valence-corrected chi connectivity index (χ0v) is 20.2. The number of hydrogen-bond donors (Lipinski definition) is 3. The third-order valence-electron chi connectivity index (χ3n) is 6.74. The van der Waals surface area contributed by atoms with Gasteiger partial charge in [0.2, 0.25) is 5.95 Å². The quantitative estimate of drug-likeness (QED) is 0.589. The molecule has 4 rings (SSSR count). The van der Waals surface area contributed by atoms with Crippen molar-refractivity contribution in [2.75, 3.05) is 29.2 Å². The summed E-state index contributed by atoms with van der Waals surface area (Å²) < 4.78 is 0. The predicted molar refractivity (Wildman–Crippen MR) is 134 cm³/mol. The Morgan fingerprint density at radius 2 is 1.88 bits per heavy atom. The third kappa shape index (κ3) is 5.17. The van der Waals surface area contributed by atoms with Crippen molar-refractivity contribution in [1.29, 1.82) is 0 Å². The van der Waals surface area contributed by atoms with E-state index in [2.05, 4.69) is 10.2 Å². The van der Waals surface area contributed by atoms with Crippen molar-refractivity contribution in [1.82, 2.24) is 9.97 Å². The van der Waals surface area contributed by atoms with Crippen LogP contribution in [-0.2, 0) is 19.4 Å². The zero-order chi connectivity index (χ0) is 23.5. The molecule has 2 aliphatic rings. The first-order valence-electron chi connectivity index (χ1n) is 11.8. The van der Waals surface area contributed by atoms with Gasteiger partial charge in [-0.15, -0.1) is 0 Å². The number of nitrogens with two attached hydrogens (primary N) is 2. The molecule has 2 aromatic rings. The first-order valence-corrected chi connectivity index (χ1v) is 12.2. The van der Waals surface area contributed by atoms with E-state index in [-0.39, 0.29) is 12.1 Å². The number of carbonyl (C=O) groups is 1. The van der Waals surface area contributed by atoms with Crippen molar-refractivity contribution in [3.63, 3.8) is 0 Å². The molecule has 0 saturated heterocycles. The zero-order valence-electron chi connectivity index (χ0n) is 19.5. The second-order valence-corrected chi connectivity index (χ2v) is 9.67. The molecular weight excluding hydrogens is 438 g/mol. The normalized spacial score (nSPS) is 20.1. The van der Waals surface area contributed by atoms with Gasteiger partial charge < -0.3 is 21.7 Å². The minimum atomic E-state index is -0.461. The summed E-state index contributed by atoms with van der Waals surface area (Å²) in [4.78, 5) is 25.9. The summed E-state index contributed by atoms with van der Waals surface area (Å²) in [7, 11) is 4.08. The molecule has 0 spiro atoms. The molecule has 1 aromatic carbocycles. The van der Waals surface area contributed by atoms with E-state index in [1.54, 1.807) is 17.0 Å². The lowest BCUT2D eigenvalue weighted by molar-refractivity contribution is 0.248. The van der Waals surface area contributed by atoms with Gasteiger partial charge in [-0.05, 0) is 75.1 Å². The van der Waals surface area contributed by atoms with Crippen LogP contribution in [0.1, 0.15) is 55.3 Å². The molecule has 1 aromatic heterocycles. The van der Waals surface area contributed by atoms with Crippen LogP contribution in [0.5, 0.6) is 0 Å². The van der Waals surface area contributed by atoms with E-state index >= 15 is 0 Å². The van der Waals surface area contributed by atoms with Crippen LogP contribution in [0, 0.1) is 0 Å². The Labute approximate surface area is 200 Å². The summed E-state index contributed by atoms with van der Waals surface area (Å²) in [6, 6.07) is 5.23. The number of aromatic nitrogens is 2. The van der Waals surface area contributed by atoms with Crippen LogP contribution in [0.15, 0.2) is 18.2 Å². The third-order valence-corrected chi connectivity index (χ3v) is 6.97. The van der Waals surface area contributed by atoms with Gasteiger partial charge in [-0.3, -0.25) is 4.90 Å². The molecule has 8 nitrogen and oxygen atoms in total. The highest BCUT2D eigenvalue weighted by Crippen LogP contribution is 2.33. The lowest BCUT2D eigenvalue weighted by Gasteiger charge is -2.37. The highest BCUT2D eigenvalue weighted by atomic mass is 35.5. The minimum absolute atomic E-state index is 0.0220. The first-order chi connectivity index (χ1) is 15.9. The molecule has 2 aliphatic carbocycles. The van der Waals surface area contributed by atoms with Crippen LogP contribution < -0.4 is 26.6 Å². The van der Waals surface area contributed by atoms with Gasteiger partial charge in [-0.1, -0.05) is 11.6 Å². The molecule has 5 N–H and O–H groups in total. The van der Waals surface area contributed by atoms with Crippen molar-refractivity contribution in [3.05, 3.63) is 40.0 Å². The van der Waals surface area contributed by atoms with E-state index in [1.165, 1.54) is 24.1 Å². The molecule has 1 heterocycles. The van der Waals surface area contributed by atoms with E-state index in [9.17, 15) is 4.79 Å². The summed E-state index contributed by atoms with van der Waals surface area (Å²) in [5.74, 6) is 1.73. The van der Waals surface area contributed by atoms with Crippen molar-refractivity contribution >= 4 is 35.1 Å². The first kappa shape index (κ1) is 23.6. The Balaban J connectivity index is 1.47. The molecule has 9 heteroatoms. The number of amides is 2. The highest BCUT2D eigenvalue weighted by molar-refractivity contribution is 6.30. The fourth-order valence-corrected chi connectivity index (χ4v) is 5.31. The average Bonchev–Trinajstić information content (AvgIpc) is 2.80. The summed E-state index contributed by atoms with van der Waals surface area (Å²) >= 11 is 6.12. The summed E-state index contributed by atoms with van der Waals surface area (Å²) in [6.07, 6.45) is 7.90. The number of rotatable bonds is 6. The topological polar surface area (TPSA) is 113 Å². The maximum atomic E-state index is 12.4. The summed E-state index contributed by atoms with van der Waals surface area (Å²) in [5.41, 5.74) is 15.7. The second-order valence-electron chi connectivity index (χ2n) is 9.23. The SMILES string of the molecule is CN(C)c1nc(N[C@H]2CC[C@@H](N(C(N)=O)c3ccc(Cl)cc3CN)CC2)nc2c1CCCC2. The van der Waals surface area contributed by atoms with Crippen LogP contribution in [0.2, 0.25) is 5.02 Å². The highest BCUT2D eigenvalue weighted by Gasteiger charge is 2.31. The van der Waals surface area contributed by atoms with Crippen molar-refractivity contribution < 1.29 is 4.79 Å². The van der Waals surface area contributed by atoms with Crippen molar-refractivity contribution in [2.45, 2.75) is 70.0 Å². The number of benzene rings is 1. The molecule has 1 fully saturated rings. The van der Waals surface area contributed by atoms with Crippen LogP contribution in [-0.4, -0.2) is 42.2 Å². The number of anilines is 3. The lowest BCUT2D eigenvalue weighted by atomic mass is 9.89. The van der Waals surface area contributed by atoms with Gasteiger partial charge in [0.1, 0.15) is 5.82 Å². The monoisotopic (exact) mass is 471 g/mol. The van der Waals surface area contributed by atoms with Gasteiger partial charge in [0.25, 0.3) is 0 Å². The van der Waals surface area contributed by atoms with Gasteiger partial charge in [0.05, 0.1) is 11.4 Å². The minimum Gasteiger partial charge on any atom is -0.362 e. The number of nitrogens with zero attached hydrogens (tertiary/aromatic N) is 4. The Kier molecular flexibility index (Phi) is 7.24. The van der Waals surface area contributed by atoms with Gasteiger partial charge in [-0.2, -0.15) is 4.98 Å². The van der Waals surface area contributed by atoms with E-state index in [1.807, 2.05) is 20.2 Å². The molecule has 0 radical (unpaired) electrons. The fraction of sp³-hybridized carbons (Fsp3) is 0.542. The largest absolute Gasteiger partial charge is 0.362 e.